The van der Waals surface area contributed by atoms with E-state index in [-0.39, 0.29) is 0 Å². The van der Waals surface area contributed by atoms with Gasteiger partial charge in [-0.3, -0.25) is 0 Å². The maximum absolute atomic E-state index is 4.57. The summed E-state index contributed by atoms with van der Waals surface area (Å²) in [5, 5.41) is 3.34. The Labute approximate surface area is 90.7 Å². The van der Waals surface area contributed by atoms with E-state index in [2.05, 4.69) is 27.1 Å². The SMILES string of the molecule is CCCc1nccc(N2CCNCC2)n1. The fourth-order valence-corrected chi connectivity index (χ4v) is 1.80. The summed E-state index contributed by atoms with van der Waals surface area (Å²) >= 11 is 0. The Kier molecular flexibility index (Phi) is 3.50. The van der Waals surface area contributed by atoms with Gasteiger partial charge in [0.15, 0.2) is 0 Å². The Morgan fingerprint density at radius 1 is 1.40 bits per heavy atom. The van der Waals surface area contributed by atoms with Crippen LogP contribution in [0.4, 0.5) is 5.82 Å². The van der Waals surface area contributed by atoms with Crippen molar-refractivity contribution in [3.05, 3.63) is 18.1 Å². The van der Waals surface area contributed by atoms with Gasteiger partial charge in [-0.05, 0) is 12.5 Å². The Morgan fingerprint density at radius 3 is 2.93 bits per heavy atom. The Balaban J connectivity index is 2.09. The third kappa shape index (κ3) is 2.65. The van der Waals surface area contributed by atoms with Gasteiger partial charge in [0, 0.05) is 38.8 Å². The van der Waals surface area contributed by atoms with Crippen molar-refractivity contribution in [3.8, 4) is 0 Å². The summed E-state index contributed by atoms with van der Waals surface area (Å²) in [5.74, 6) is 2.04. The molecule has 2 rings (SSSR count). The molecular formula is C11H18N4. The van der Waals surface area contributed by atoms with Gasteiger partial charge in [0.1, 0.15) is 11.6 Å². The fraction of sp³-hybridized carbons (Fsp3) is 0.636. The zero-order chi connectivity index (χ0) is 10.5. The normalized spacial score (nSPS) is 16.7. The van der Waals surface area contributed by atoms with Gasteiger partial charge in [-0.2, -0.15) is 0 Å². The second-order valence-corrected chi connectivity index (χ2v) is 3.82. The van der Waals surface area contributed by atoms with Crippen molar-refractivity contribution in [1.29, 1.82) is 0 Å². The van der Waals surface area contributed by atoms with Crippen LogP contribution in [0.5, 0.6) is 0 Å². The van der Waals surface area contributed by atoms with E-state index < -0.39 is 0 Å². The van der Waals surface area contributed by atoms with Gasteiger partial charge in [-0.15, -0.1) is 0 Å². The van der Waals surface area contributed by atoms with E-state index in [9.17, 15) is 0 Å². The van der Waals surface area contributed by atoms with Gasteiger partial charge >= 0.3 is 0 Å². The zero-order valence-corrected chi connectivity index (χ0v) is 9.24. The maximum atomic E-state index is 4.57. The van der Waals surface area contributed by atoms with E-state index in [1.54, 1.807) is 0 Å². The van der Waals surface area contributed by atoms with Crippen molar-refractivity contribution in [3.63, 3.8) is 0 Å². The minimum Gasteiger partial charge on any atom is -0.354 e. The highest BCUT2D eigenvalue weighted by molar-refractivity contribution is 5.38. The Bertz CT molecular complexity index is 307. The highest BCUT2D eigenvalue weighted by Gasteiger charge is 2.11. The van der Waals surface area contributed by atoms with Crippen LogP contribution in [0.1, 0.15) is 19.2 Å². The summed E-state index contributed by atoms with van der Waals surface area (Å²) in [6.45, 7) is 6.34. The molecule has 2 heterocycles. The van der Waals surface area contributed by atoms with E-state index >= 15 is 0 Å². The number of piperazine rings is 1. The molecule has 4 nitrogen and oxygen atoms in total. The molecule has 0 aromatic carbocycles. The second kappa shape index (κ2) is 5.07. The van der Waals surface area contributed by atoms with Crippen LogP contribution in [0.3, 0.4) is 0 Å². The predicted molar refractivity (Wildman–Crippen MR) is 61.1 cm³/mol. The largest absolute Gasteiger partial charge is 0.354 e. The molecule has 0 saturated carbocycles. The van der Waals surface area contributed by atoms with Gasteiger partial charge in [0.2, 0.25) is 0 Å². The number of aromatic nitrogens is 2. The van der Waals surface area contributed by atoms with Crippen LogP contribution in [-0.4, -0.2) is 36.1 Å². The number of rotatable bonds is 3. The van der Waals surface area contributed by atoms with E-state index in [0.29, 0.717) is 0 Å². The Morgan fingerprint density at radius 2 is 2.20 bits per heavy atom. The first-order chi connectivity index (χ1) is 7.40. The predicted octanol–water partition coefficient (Wildman–Crippen LogP) is 0.839. The average molecular weight is 206 g/mol. The molecule has 1 aromatic heterocycles. The van der Waals surface area contributed by atoms with E-state index in [0.717, 1.165) is 50.7 Å². The van der Waals surface area contributed by atoms with Crippen LogP contribution >= 0.6 is 0 Å². The molecule has 15 heavy (non-hydrogen) atoms. The molecule has 0 bridgehead atoms. The summed E-state index contributed by atoms with van der Waals surface area (Å²) in [6, 6.07) is 2.00. The van der Waals surface area contributed by atoms with E-state index in [1.165, 1.54) is 0 Å². The average Bonchev–Trinajstić information content (AvgIpc) is 2.31. The first-order valence-corrected chi connectivity index (χ1v) is 5.67. The van der Waals surface area contributed by atoms with Gasteiger partial charge in [-0.1, -0.05) is 6.92 Å². The molecule has 1 saturated heterocycles. The molecule has 0 radical (unpaired) electrons. The van der Waals surface area contributed by atoms with Gasteiger partial charge in [-0.25, -0.2) is 9.97 Å². The third-order valence-corrected chi connectivity index (χ3v) is 2.61. The summed E-state index contributed by atoms with van der Waals surface area (Å²) < 4.78 is 0. The molecule has 1 N–H and O–H groups in total. The smallest absolute Gasteiger partial charge is 0.132 e. The molecule has 0 unspecified atom stereocenters. The van der Waals surface area contributed by atoms with Crippen molar-refractivity contribution in [2.75, 3.05) is 31.1 Å². The van der Waals surface area contributed by atoms with Crippen molar-refractivity contribution in [1.82, 2.24) is 15.3 Å². The quantitative estimate of drug-likeness (QED) is 0.795. The number of nitrogens with one attached hydrogen (secondary N) is 1. The van der Waals surface area contributed by atoms with Gasteiger partial charge < -0.3 is 10.2 Å². The summed E-state index contributed by atoms with van der Waals surface area (Å²) in [7, 11) is 0. The number of anilines is 1. The highest BCUT2D eigenvalue weighted by atomic mass is 15.2. The lowest BCUT2D eigenvalue weighted by atomic mass is 10.3. The van der Waals surface area contributed by atoms with Crippen LogP contribution in [0.2, 0.25) is 0 Å². The third-order valence-electron chi connectivity index (χ3n) is 2.61. The number of aryl methyl sites for hydroxylation is 1. The lowest BCUT2D eigenvalue weighted by molar-refractivity contribution is 0.583. The molecule has 1 fully saturated rings. The molecule has 0 spiro atoms. The minimum absolute atomic E-state index is 0.966. The minimum atomic E-state index is 0.966. The molecule has 0 atom stereocenters. The fourth-order valence-electron chi connectivity index (χ4n) is 1.80. The van der Waals surface area contributed by atoms with Gasteiger partial charge in [0.25, 0.3) is 0 Å². The molecular weight excluding hydrogens is 188 g/mol. The second-order valence-electron chi connectivity index (χ2n) is 3.82. The van der Waals surface area contributed by atoms with Crippen molar-refractivity contribution in [2.24, 2.45) is 0 Å². The summed E-state index contributed by atoms with van der Waals surface area (Å²) in [5.41, 5.74) is 0. The standard InChI is InChI=1S/C11H18N4/c1-2-3-10-13-5-4-11(14-10)15-8-6-12-7-9-15/h4-5,12H,2-3,6-9H2,1H3. The van der Waals surface area contributed by atoms with E-state index in [1.807, 2.05) is 12.3 Å². The van der Waals surface area contributed by atoms with Crippen LogP contribution in [0, 0.1) is 0 Å². The van der Waals surface area contributed by atoms with Crippen molar-refractivity contribution >= 4 is 5.82 Å². The van der Waals surface area contributed by atoms with Crippen LogP contribution < -0.4 is 10.2 Å². The monoisotopic (exact) mass is 206 g/mol. The molecule has 0 aliphatic carbocycles. The highest BCUT2D eigenvalue weighted by Crippen LogP contribution is 2.11. The van der Waals surface area contributed by atoms with Crippen LogP contribution in [0.15, 0.2) is 12.3 Å². The molecule has 4 heteroatoms. The zero-order valence-electron chi connectivity index (χ0n) is 9.24. The topological polar surface area (TPSA) is 41.1 Å². The van der Waals surface area contributed by atoms with Crippen LogP contribution in [-0.2, 0) is 6.42 Å². The molecule has 1 aliphatic rings. The van der Waals surface area contributed by atoms with Crippen molar-refractivity contribution < 1.29 is 0 Å². The van der Waals surface area contributed by atoms with Gasteiger partial charge in [0.05, 0.1) is 0 Å². The number of hydrogen-bond acceptors (Lipinski definition) is 4. The summed E-state index contributed by atoms with van der Waals surface area (Å²) in [6.07, 6.45) is 3.94. The first-order valence-electron chi connectivity index (χ1n) is 5.67. The van der Waals surface area contributed by atoms with Crippen LogP contribution in [0.25, 0.3) is 0 Å². The maximum Gasteiger partial charge on any atom is 0.132 e. The number of nitrogens with zero attached hydrogens (tertiary/aromatic N) is 3. The molecule has 1 aliphatic heterocycles. The number of hydrogen-bond donors (Lipinski definition) is 1. The lowest BCUT2D eigenvalue weighted by Crippen LogP contribution is -2.44. The molecule has 0 amide bonds. The van der Waals surface area contributed by atoms with Crippen molar-refractivity contribution in [2.45, 2.75) is 19.8 Å². The summed E-state index contributed by atoms with van der Waals surface area (Å²) in [4.78, 5) is 11.2. The molecule has 1 aromatic rings. The lowest BCUT2D eigenvalue weighted by Gasteiger charge is -2.28. The first kappa shape index (κ1) is 10.4. The molecule has 82 valence electrons. The Hall–Kier alpha value is -1.16. The van der Waals surface area contributed by atoms with E-state index in [4.69, 9.17) is 0 Å².